The number of benzene rings is 7. The number of nitrogens with two attached hydrogens (primary N) is 1. The number of aryl methyl sites for hydroxylation is 7. The van der Waals surface area contributed by atoms with Gasteiger partial charge in [0, 0.05) is 115 Å². The van der Waals surface area contributed by atoms with Crippen molar-refractivity contribution in [3.63, 3.8) is 0 Å². The number of aromatic nitrogens is 3. The minimum atomic E-state index is -0.775. The second-order valence-electron chi connectivity index (χ2n) is 27.0. The lowest BCUT2D eigenvalue weighted by molar-refractivity contribution is 0.00175. The molecule has 10 heteroatoms. The summed E-state index contributed by atoms with van der Waals surface area (Å²) in [6.45, 7) is 16.7. The number of aromatic amines is 1. The van der Waals surface area contributed by atoms with Gasteiger partial charge < -0.3 is 44.1 Å². The maximum Gasteiger partial charge on any atom is 0.117 e. The Morgan fingerprint density at radius 2 is 1.08 bits per heavy atom. The number of nitrogen functional groups attached to an aromatic ring is 1. The standard InChI is InChI=1S/C24H28N2O.C24H26N2.C13H16N2.C11H12O.C7H10N2/c1-17-9-10-22-19(14-17)20-15-25(2)13-11-23(20)26(22)16-24(27)12-5-7-18-6-3-4-8-21(18)24;1-17-10-11-23-21(14-17)22-16-25(2)13-12-24(22)26(23)15-19-8-5-7-18-6-3-4-9-20(18)19;1-9-3-4-12-10(7-9)11-8-15(2)6-5-13(11)14-12;1-2-6-10-9(4-1)5-3-7-11(10)8-12-11;1-6-2-4-7(9-8)5-3-6/h3-4,6,8-10,14,27H,5,7,11-13,15-16H2,1-2H3;3-4,6,9-11,14-15H,5,7-8,12-13,16H2,1-2H3;3-4,7,14H,5-6,8H2,1-2H3;1-2,4,6H,3,5,7-8H2;2-5,9H,8H2,1H3/b;19-15+;;;. The molecule has 10 aromatic rings. The number of H-pyrrole nitrogens is 1. The van der Waals surface area contributed by atoms with E-state index >= 15 is 0 Å². The highest BCUT2D eigenvalue weighted by molar-refractivity contribution is 5.91. The Morgan fingerprint density at radius 3 is 1.78 bits per heavy atom. The van der Waals surface area contributed by atoms with Crippen molar-refractivity contribution in [2.75, 3.05) is 52.8 Å². The van der Waals surface area contributed by atoms with Gasteiger partial charge in [-0.25, -0.2) is 0 Å². The number of anilines is 1. The zero-order valence-corrected chi connectivity index (χ0v) is 53.8. The second kappa shape index (κ2) is 25.7. The summed E-state index contributed by atoms with van der Waals surface area (Å²) >= 11 is 0. The SMILES string of the molecule is Cc1ccc(NN)cc1.Cc1ccc2[nH]c3c(c2c1)CN(C)CC3.Cc1ccc2c(c1)c1c(n2/C=C2\CCCc3ccccc32)CCN(C)C1.Cc1ccc2c(c1)c1c(n2CC2(O)CCCc3ccccc32)CCN(C)C1.c1ccc2c(c1)CCCC21CO1. The topological polar surface area (TPSA) is 106 Å². The minimum absolute atomic E-state index is 0.162. The number of epoxide rings is 1. The average Bonchev–Trinajstić information content (AvgIpc) is 1.80. The molecule has 0 bridgehead atoms. The fourth-order valence-corrected chi connectivity index (χ4v) is 15.3. The van der Waals surface area contributed by atoms with Crippen LogP contribution in [0.4, 0.5) is 5.69 Å². The van der Waals surface area contributed by atoms with Crippen LogP contribution < -0.4 is 11.3 Å². The van der Waals surface area contributed by atoms with Gasteiger partial charge in [-0.3, -0.25) is 5.84 Å². The molecule has 7 heterocycles. The normalized spacial score (nSPS) is 20.4. The van der Waals surface area contributed by atoms with E-state index in [1.165, 1.54) is 167 Å². The highest BCUT2D eigenvalue weighted by Crippen LogP contribution is 2.48. The molecule has 1 fully saturated rings. The number of likely N-dealkylation sites (N-methyl/N-ethyl adjacent to an activating group) is 3. The molecule has 0 amide bonds. The van der Waals surface area contributed by atoms with Crippen molar-refractivity contribution in [1.29, 1.82) is 0 Å². The summed E-state index contributed by atoms with van der Waals surface area (Å²) in [6.07, 6.45) is 16.1. The van der Waals surface area contributed by atoms with Gasteiger partial charge in [0.05, 0.1) is 18.7 Å². The van der Waals surface area contributed by atoms with E-state index < -0.39 is 5.60 Å². The van der Waals surface area contributed by atoms with E-state index in [2.05, 4.69) is 210 Å². The lowest BCUT2D eigenvalue weighted by atomic mass is 9.79. The fraction of sp³-hybridized carbons (Fsp3) is 0.367. The number of fused-ring (bicyclic) bond motifs is 13. The van der Waals surface area contributed by atoms with E-state index in [-0.39, 0.29) is 5.60 Å². The van der Waals surface area contributed by atoms with Crippen LogP contribution in [0, 0.1) is 27.7 Å². The van der Waals surface area contributed by atoms with Crippen molar-refractivity contribution in [2.24, 2.45) is 5.84 Å². The summed E-state index contributed by atoms with van der Waals surface area (Å²) in [6, 6.07) is 54.4. The van der Waals surface area contributed by atoms with E-state index in [1.807, 2.05) is 31.2 Å². The van der Waals surface area contributed by atoms with Gasteiger partial charge in [-0.05, 0) is 211 Å². The Hall–Kier alpha value is -7.54. The first-order chi connectivity index (χ1) is 43.2. The summed E-state index contributed by atoms with van der Waals surface area (Å²) in [7, 11) is 6.63. The first-order valence-electron chi connectivity index (χ1n) is 33.0. The monoisotopic (exact) mass is 1180 g/mol. The van der Waals surface area contributed by atoms with E-state index in [0.29, 0.717) is 6.54 Å². The second-order valence-corrected chi connectivity index (χ2v) is 27.0. The Morgan fingerprint density at radius 1 is 0.539 bits per heavy atom. The molecule has 7 aliphatic rings. The number of rotatable bonds is 4. The van der Waals surface area contributed by atoms with Crippen molar-refractivity contribution >= 4 is 50.2 Å². The zero-order chi connectivity index (χ0) is 61.4. The number of allylic oxidation sites excluding steroid dienone is 1. The lowest BCUT2D eigenvalue weighted by Gasteiger charge is -2.36. The summed E-state index contributed by atoms with van der Waals surface area (Å²) < 4.78 is 10.5. The Kier molecular flexibility index (Phi) is 17.5. The molecular weight excluding hydrogens is 1090 g/mol. The number of hydrogen-bond acceptors (Lipinski definition) is 7. The third-order valence-electron chi connectivity index (χ3n) is 20.2. The van der Waals surface area contributed by atoms with Crippen molar-refractivity contribution in [1.82, 2.24) is 28.8 Å². The number of aliphatic hydroxyl groups is 1. The maximum atomic E-state index is 11.7. The highest BCUT2D eigenvalue weighted by atomic mass is 16.6. The van der Waals surface area contributed by atoms with Crippen molar-refractivity contribution in [3.05, 3.63) is 241 Å². The van der Waals surface area contributed by atoms with Gasteiger partial charge in [0.25, 0.3) is 0 Å². The molecule has 10 nitrogen and oxygen atoms in total. The third kappa shape index (κ3) is 12.7. The summed E-state index contributed by atoms with van der Waals surface area (Å²) in [5.74, 6) is 5.15. The number of nitrogens with one attached hydrogen (secondary N) is 2. The molecule has 7 aromatic carbocycles. The van der Waals surface area contributed by atoms with Crippen LogP contribution in [0.2, 0.25) is 0 Å². The van der Waals surface area contributed by atoms with Gasteiger partial charge in [0.2, 0.25) is 0 Å². The van der Waals surface area contributed by atoms with Crippen LogP contribution in [0.1, 0.15) is 128 Å². The van der Waals surface area contributed by atoms with Crippen LogP contribution >= 0.6 is 0 Å². The molecule has 0 radical (unpaired) electrons. The molecule has 2 atom stereocenters. The average molecular weight is 1190 g/mol. The first kappa shape index (κ1) is 60.4. The van der Waals surface area contributed by atoms with Crippen molar-refractivity contribution in [3.8, 4) is 0 Å². The molecule has 5 N–H and O–H groups in total. The minimum Gasteiger partial charge on any atom is -0.383 e. The van der Waals surface area contributed by atoms with Crippen LogP contribution in [0.25, 0.3) is 44.5 Å². The molecule has 17 rings (SSSR count). The molecule has 2 unspecified atom stereocenters. The smallest absolute Gasteiger partial charge is 0.117 e. The van der Waals surface area contributed by atoms with Crippen molar-refractivity contribution < 1.29 is 9.84 Å². The fourth-order valence-electron chi connectivity index (χ4n) is 15.3. The molecule has 1 spiro atoms. The lowest BCUT2D eigenvalue weighted by Crippen LogP contribution is -2.36. The summed E-state index contributed by atoms with van der Waals surface area (Å²) in [5.41, 5.74) is 30.8. The van der Waals surface area contributed by atoms with Crippen LogP contribution in [0.5, 0.6) is 0 Å². The molecule has 4 aliphatic heterocycles. The van der Waals surface area contributed by atoms with Gasteiger partial charge in [-0.2, -0.15) is 0 Å². The Balaban J connectivity index is 0.000000108. The summed E-state index contributed by atoms with van der Waals surface area (Å²) in [5, 5.41) is 15.9. The maximum absolute atomic E-state index is 11.7. The Bertz CT molecular complexity index is 4210. The largest absolute Gasteiger partial charge is 0.383 e. The predicted octanol–water partition coefficient (Wildman–Crippen LogP) is 15.4. The van der Waals surface area contributed by atoms with Gasteiger partial charge >= 0.3 is 0 Å². The van der Waals surface area contributed by atoms with Crippen LogP contribution in [0.3, 0.4) is 0 Å². The van der Waals surface area contributed by atoms with Crippen LogP contribution in [-0.2, 0) is 80.6 Å². The van der Waals surface area contributed by atoms with Gasteiger partial charge in [-0.1, -0.05) is 125 Å². The van der Waals surface area contributed by atoms with E-state index in [1.54, 1.807) is 0 Å². The van der Waals surface area contributed by atoms with Crippen LogP contribution in [0.15, 0.2) is 152 Å². The van der Waals surface area contributed by atoms with E-state index in [9.17, 15) is 5.11 Å². The quantitative estimate of drug-likeness (QED) is 0.0790. The van der Waals surface area contributed by atoms with Gasteiger partial charge in [0.15, 0.2) is 0 Å². The number of hydrogen-bond donors (Lipinski definition) is 4. The molecular formula is C79H92N8O2. The van der Waals surface area contributed by atoms with E-state index in [0.717, 1.165) is 89.1 Å². The summed E-state index contributed by atoms with van der Waals surface area (Å²) in [4.78, 5) is 10.8. The van der Waals surface area contributed by atoms with Crippen LogP contribution in [-0.4, -0.2) is 81.3 Å². The van der Waals surface area contributed by atoms with E-state index in [4.69, 9.17) is 10.6 Å². The predicted molar refractivity (Wildman–Crippen MR) is 369 cm³/mol. The van der Waals surface area contributed by atoms with Crippen molar-refractivity contribution in [2.45, 2.75) is 142 Å². The molecule has 3 aromatic heterocycles. The first-order valence-corrected chi connectivity index (χ1v) is 33.0. The third-order valence-corrected chi connectivity index (χ3v) is 20.2. The number of ether oxygens (including phenoxy) is 1. The molecule has 3 aliphatic carbocycles. The highest BCUT2D eigenvalue weighted by Gasteiger charge is 2.48. The van der Waals surface area contributed by atoms with Gasteiger partial charge in [-0.15, -0.1) is 0 Å². The molecule has 0 saturated carbocycles. The Labute approximate surface area is 528 Å². The number of nitrogens with zero attached hydrogens (tertiary/aromatic N) is 5. The molecule has 460 valence electrons. The number of hydrazine groups is 1. The zero-order valence-electron chi connectivity index (χ0n) is 53.8. The van der Waals surface area contributed by atoms with Gasteiger partial charge in [0.1, 0.15) is 11.2 Å². The molecule has 1 saturated heterocycles. The molecule has 89 heavy (non-hydrogen) atoms.